The number of thioether (sulfide) groups is 1. The minimum absolute atomic E-state index is 0.0556. The molecule has 1 fully saturated rings. The smallest absolute Gasteiger partial charge is 0.305 e. The summed E-state index contributed by atoms with van der Waals surface area (Å²) in [6, 6.07) is 9.80. The molecule has 1 aromatic rings. The molecular weight excluding hydrogens is 274 g/mol. The van der Waals surface area contributed by atoms with Gasteiger partial charge < -0.3 is 10.0 Å². The molecule has 1 aromatic carbocycles. The van der Waals surface area contributed by atoms with Crippen molar-refractivity contribution in [2.75, 3.05) is 6.54 Å². The lowest BCUT2D eigenvalue weighted by Crippen LogP contribution is -2.34. The van der Waals surface area contributed by atoms with Crippen molar-refractivity contribution < 1.29 is 14.7 Å². The van der Waals surface area contributed by atoms with Crippen LogP contribution in [-0.2, 0) is 9.59 Å². The molecule has 0 radical (unpaired) electrons. The molecule has 1 aliphatic heterocycles. The third-order valence-corrected chi connectivity index (χ3v) is 4.62. The van der Waals surface area contributed by atoms with Crippen molar-refractivity contribution in [2.45, 2.75) is 30.9 Å². The van der Waals surface area contributed by atoms with Crippen molar-refractivity contribution in [1.29, 1.82) is 0 Å². The Labute approximate surface area is 123 Å². The van der Waals surface area contributed by atoms with Gasteiger partial charge in [0.15, 0.2) is 0 Å². The van der Waals surface area contributed by atoms with Crippen molar-refractivity contribution in [3.8, 4) is 0 Å². The molecule has 1 heterocycles. The van der Waals surface area contributed by atoms with Gasteiger partial charge in [-0.3, -0.25) is 9.59 Å². The lowest BCUT2D eigenvalue weighted by molar-refractivity contribution is -0.140. The maximum Gasteiger partial charge on any atom is 0.305 e. The van der Waals surface area contributed by atoms with Crippen LogP contribution in [0.4, 0.5) is 0 Å². The molecule has 20 heavy (non-hydrogen) atoms. The highest BCUT2D eigenvalue weighted by Gasteiger charge is 2.41. The molecule has 1 saturated heterocycles. The van der Waals surface area contributed by atoms with E-state index < -0.39 is 11.2 Å². The van der Waals surface area contributed by atoms with Crippen LogP contribution in [0.3, 0.4) is 0 Å². The zero-order valence-electron chi connectivity index (χ0n) is 11.7. The number of nitrogens with zero attached hydrogens (tertiary/aromatic N) is 1. The molecule has 2 atom stereocenters. The fourth-order valence-corrected chi connectivity index (χ4v) is 3.79. The Hall–Kier alpha value is -1.49. The monoisotopic (exact) mass is 293 g/mol. The van der Waals surface area contributed by atoms with Gasteiger partial charge in [0.25, 0.3) is 0 Å². The average molecular weight is 293 g/mol. The van der Waals surface area contributed by atoms with Crippen LogP contribution in [0.1, 0.15) is 31.2 Å². The van der Waals surface area contributed by atoms with Gasteiger partial charge in [-0.2, -0.15) is 0 Å². The van der Waals surface area contributed by atoms with E-state index in [2.05, 4.69) is 13.8 Å². The Bertz CT molecular complexity index is 489. The normalized spacial score (nSPS) is 22.6. The Balaban J connectivity index is 2.24. The number of carbonyl (C=O) groups excluding carboxylic acids is 1. The van der Waals surface area contributed by atoms with Crippen LogP contribution in [0.5, 0.6) is 0 Å². The Morgan fingerprint density at radius 1 is 1.35 bits per heavy atom. The second-order valence-corrected chi connectivity index (χ2v) is 6.66. The van der Waals surface area contributed by atoms with E-state index in [1.54, 1.807) is 0 Å². The molecule has 1 N–H and O–H groups in total. The van der Waals surface area contributed by atoms with Crippen LogP contribution in [0.25, 0.3) is 0 Å². The van der Waals surface area contributed by atoms with Gasteiger partial charge in [-0.15, -0.1) is 11.8 Å². The van der Waals surface area contributed by atoms with E-state index in [9.17, 15) is 9.59 Å². The first-order chi connectivity index (χ1) is 9.49. The summed E-state index contributed by atoms with van der Waals surface area (Å²) in [4.78, 5) is 25.1. The molecule has 1 aliphatic rings. The summed E-state index contributed by atoms with van der Waals surface area (Å²) < 4.78 is 0. The largest absolute Gasteiger partial charge is 0.481 e. The molecule has 1 amide bonds. The summed E-state index contributed by atoms with van der Waals surface area (Å²) in [7, 11) is 0. The predicted molar refractivity (Wildman–Crippen MR) is 79.4 cm³/mol. The number of carboxylic acids is 1. The van der Waals surface area contributed by atoms with Crippen molar-refractivity contribution in [2.24, 2.45) is 5.92 Å². The van der Waals surface area contributed by atoms with Gasteiger partial charge in [-0.05, 0) is 11.5 Å². The maximum atomic E-state index is 12.4. The van der Waals surface area contributed by atoms with Crippen LogP contribution in [0, 0.1) is 5.92 Å². The summed E-state index contributed by atoms with van der Waals surface area (Å²) in [5, 5.41) is 8.38. The van der Waals surface area contributed by atoms with E-state index in [1.807, 2.05) is 35.2 Å². The molecule has 5 heteroatoms. The van der Waals surface area contributed by atoms with Crippen LogP contribution < -0.4 is 0 Å². The molecular formula is C15H19NO3S. The van der Waals surface area contributed by atoms with Gasteiger partial charge >= 0.3 is 5.97 Å². The zero-order valence-corrected chi connectivity index (χ0v) is 12.5. The highest BCUT2D eigenvalue weighted by atomic mass is 32.2. The topological polar surface area (TPSA) is 57.6 Å². The van der Waals surface area contributed by atoms with Gasteiger partial charge in [0.2, 0.25) is 5.91 Å². The van der Waals surface area contributed by atoms with Gasteiger partial charge in [0.05, 0.1) is 11.7 Å². The summed E-state index contributed by atoms with van der Waals surface area (Å²) in [5.74, 6) is -0.622. The molecule has 4 nitrogen and oxygen atoms in total. The van der Waals surface area contributed by atoms with Crippen molar-refractivity contribution in [3.05, 3.63) is 35.9 Å². The van der Waals surface area contributed by atoms with Gasteiger partial charge in [0, 0.05) is 6.54 Å². The molecule has 2 unspecified atom stereocenters. The second-order valence-electron chi connectivity index (χ2n) is 5.37. The minimum atomic E-state index is -0.922. The van der Waals surface area contributed by atoms with Crippen molar-refractivity contribution in [3.63, 3.8) is 0 Å². The number of aliphatic carboxylic acids is 1. The van der Waals surface area contributed by atoms with Crippen LogP contribution in [0.2, 0.25) is 0 Å². The van der Waals surface area contributed by atoms with E-state index in [0.717, 1.165) is 5.56 Å². The van der Waals surface area contributed by atoms with E-state index in [4.69, 9.17) is 5.11 Å². The Kier molecular flexibility index (Phi) is 4.70. The van der Waals surface area contributed by atoms with Crippen molar-refractivity contribution >= 4 is 23.6 Å². The fourth-order valence-electron chi connectivity index (χ4n) is 2.34. The Morgan fingerprint density at radius 3 is 2.55 bits per heavy atom. The second kappa shape index (κ2) is 6.31. The van der Waals surface area contributed by atoms with Gasteiger partial charge in [0.1, 0.15) is 5.37 Å². The third kappa shape index (κ3) is 3.33. The summed E-state index contributed by atoms with van der Waals surface area (Å²) in [5.41, 5.74) is 1.05. The predicted octanol–water partition coefficient (Wildman–Crippen LogP) is 2.76. The summed E-state index contributed by atoms with van der Waals surface area (Å²) in [6.45, 7) is 4.77. The molecule has 108 valence electrons. The highest BCUT2D eigenvalue weighted by molar-refractivity contribution is 8.01. The van der Waals surface area contributed by atoms with E-state index in [0.29, 0.717) is 12.5 Å². The first kappa shape index (κ1) is 14.9. The lowest BCUT2D eigenvalue weighted by Gasteiger charge is -2.25. The first-order valence-corrected chi connectivity index (χ1v) is 7.66. The number of rotatable bonds is 5. The van der Waals surface area contributed by atoms with E-state index in [-0.39, 0.29) is 17.7 Å². The summed E-state index contributed by atoms with van der Waals surface area (Å²) >= 11 is 1.45. The van der Waals surface area contributed by atoms with Crippen LogP contribution in [0.15, 0.2) is 30.3 Å². The van der Waals surface area contributed by atoms with Gasteiger partial charge in [-0.1, -0.05) is 44.2 Å². The number of hydrogen-bond acceptors (Lipinski definition) is 3. The maximum absolute atomic E-state index is 12.4. The number of carbonyl (C=O) groups is 2. The molecule has 0 saturated carbocycles. The molecule has 0 aromatic heterocycles. The number of benzene rings is 1. The Morgan fingerprint density at radius 2 is 2.00 bits per heavy atom. The van der Waals surface area contributed by atoms with E-state index >= 15 is 0 Å². The third-order valence-electron chi connectivity index (χ3n) is 3.14. The van der Waals surface area contributed by atoms with Crippen LogP contribution in [-0.4, -0.2) is 33.7 Å². The average Bonchev–Trinajstić information content (AvgIpc) is 2.68. The molecule has 2 rings (SSSR count). The molecule has 0 aliphatic carbocycles. The molecule has 0 bridgehead atoms. The number of amides is 1. The quantitative estimate of drug-likeness (QED) is 0.907. The highest BCUT2D eigenvalue weighted by Crippen LogP contribution is 2.44. The van der Waals surface area contributed by atoms with Gasteiger partial charge in [-0.25, -0.2) is 0 Å². The number of hydrogen-bond donors (Lipinski definition) is 1. The fraction of sp³-hybridized carbons (Fsp3) is 0.467. The minimum Gasteiger partial charge on any atom is -0.481 e. The SMILES string of the molecule is CC(C)CN1C(=O)C(CC(=O)O)SC1c1ccccc1. The number of carboxylic acid groups (broad SMARTS) is 1. The van der Waals surface area contributed by atoms with Crippen molar-refractivity contribution in [1.82, 2.24) is 4.90 Å². The lowest BCUT2D eigenvalue weighted by atomic mass is 10.1. The zero-order chi connectivity index (χ0) is 14.7. The molecule has 0 spiro atoms. The first-order valence-electron chi connectivity index (χ1n) is 6.71. The van der Waals surface area contributed by atoms with Crippen LogP contribution >= 0.6 is 11.8 Å². The summed E-state index contributed by atoms with van der Waals surface area (Å²) in [6.07, 6.45) is -0.110. The standard InChI is InChI=1S/C15H19NO3S/c1-10(2)9-16-14(19)12(8-13(17)18)20-15(16)11-6-4-3-5-7-11/h3-7,10,12,15H,8-9H2,1-2H3,(H,17,18). The van der Waals surface area contributed by atoms with E-state index in [1.165, 1.54) is 11.8 Å².